The molecule has 29 heavy (non-hydrogen) atoms. The number of alkyl halides is 3. The van der Waals surface area contributed by atoms with Gasteiger partial charge >= 0.3 is 6.18 Å². The third-order valence-electron chi connectivity index (χ3n) is 5.07. The van der Waals surface area contributed by atoms with Crippen molar-refractivity contribution in [1.29, 1.82) is 0 Å². The van der Waals surface area contributed by atoms with Gasteiger partial charge in [0.15, 0.2) is 0 Å². The highest BCUT2D eigenvalue weighted by atomic mass is 32.2. The van der Waals surface area contributed by atoms with Crippen LogP contribution in [0.4, 0.5) is 19.0 Å². The molecule has 0 spiro atoms. The second kappa shape index (κ2) is 8.59. The SMILES string of the molecule is FC(F)(F)c1ccc2ncnc(N3CCCC(CNSc4ccccc4)C3)c2c1. The third-order valence-corrected chi connectivity index (χ3v) is 5.88. The van der Waals surface area contributed by atoms with Crippen molar-refractivity contribution >= 4 is 28.7 Å². The molecule has 4 nitrogen and oxygen atoms in total. The van der Waals surface area contributed by atoms with E-state index in [2.05, 4.69) is 31.7 Å². The predicted octanol–water partition coefficient (Wildman–Crippen LogP) is 5.16. The number of benzene rings is 2. The smallest absolute Gasteiger partial charge is 0.356 e. The Labute approximate surface area is 171 Å². The molecule has 4 rings (SSSR count). The van der Waals surface area contributed by atoms with Crippen LogP contribution < -0.4 is 9.62 Å². The zero-order chi connectivity index (χ0) is 20.3. The van der Waals surface area contributed by atoms with E-state index in [1.807, 2.05) is 18.2 Å². The van der Waals surface area contributed by atoms with Crippen LogP contribution in [0.2, 0.25) is 0 Å². The van der Waals surface area contributed by atoms with Gasteiger partial charge in [-0.1, -0.05) is 18.2 Å². The van der Waals surface area contributed by atoms with Gasteiger partial charge in [-0.15, -0.1) is 0 Å². The highest BCUT2D eigenvalue weighted by Gasteiger charge is 2.31. The van der Waals surface area contributed by atoms with Crippen LogP contribution in [0.25, 0.3) is 10.9 Å². The van der Waals surface area contributed by atoms with Crippen molar-refractivity contribution in [2.45, 2.75) is 23.9 Å². The van der Waals surface area contributed by atoms with Crippen molar-refractivity contribution in [2.75, 3.05) is 24.5 Å². The lowest BCUT2D eigenvalue weighted by atomic mass is 9.98. The molecule has 0 radical (unpaired) electrons. The summed E-state index contributed by atoms with van der Waals surface area (Å²) in [6.45, 7) is 2.36. The molecule has 1 aromatic heterocycles. The average molecular weight is 418 g/mol. The highest BCUT2D eigenvalue weighted by Crippen LogP contribution is 2.34. The monoisotopic (exact) mass is 418 g/mol. The Morgan fingerprint density at radius 3 is 2.72 bits per heavy atom. The van der Waals surface area contributed by atoms with Gasteiger partial charge in [-0.2, -0.15) is 13.2 Å². The molecule has 1 saturated heterocycles. The first kappa shape index (κ1) is 20.0. The fourth-order valence-corrected chi connectivity index (χ4v) is 4.41. The molecule has 2 aromatic carbocycles. The molecule has 3 aromatic rings. The molecule has 8 heteroatoms. The molecule has 1 N–H and O–H groups in total. The van der Waals surface area contributed by atoms with Crippen LogP contribution in [0, 0.1) is 5.92 Å². The van der Waals surface area contributed by atoms with E-state index in [4.69, 9.17) is 0 Å². The molecule has 2 heterocycles. The Morgan fingerprint density at radius 1 is 1.10 bits per heavy atom. The van der Waals surface area contributed by atoms with Gasteiger partial charge in [-0.25, -0.2) is 9.97 Å². The van der Waals surface area contributed by atoms with Gasteiger partial charge in [-0.3, -0.25) is 4.72 Å². The molecular weight excluding hydrogens is 397 g/mol. The van der Waals surface area contributed by atoms with Gasteiger partial charge in [-0.05, 0) is 61.0 Å². The van der Waals surface area contributed by atoms with E-state index < -0.39 is 11.7 Å². The Balaban J connectivity index is 1.48. The largest absolute Gasteiger partial charge is 0.416 e. The quantitative estimate of drug-likeness (QED) is 0.580. The first-order valence-corrected chi connectivity index (χ1v) is 10.3. The summed E-state index contributed by atoms with van der Waals surface area (Å²) in [5.74, 6) is 0.984. The van der Waals surface area contributed by atoms with Crippen LogP contribution in [-0.4, -0.2) is 29.6 Å². The summed E-state index contributed by atoms with van der Waals surface area (Å²) >= 11 is 1.60. The Morgan fingerprint density at radius 2 is 1.93 bits per heavy atom. The maximum atomic E-state index is 13.2. The zero-order valence-corrected chi connectivity index (χ0v) is 16.5. The molecule has 1 unspecified atom stereocenters. The zero-order valence-electron chi connectivity index (χ0n) is 15.7. The number of hydrogen-bond acceptors (Lipinski definition) is 5. The van der Waals surface area contributed by atoms with E-state index in [0.29, 0.717) is 22.6 Å². The molecule has 1 atom stereocenters. The number of piperidine rings is 1. The fraction of sp³-hybridized carbons (Fsp3) is 0.333. The summed E-state index contributed by atoms with van der Waals surface area (Å²) < 4.78 is 42.9. The summed E-state index contributed by atoms with van der Waals surface area (Å²) in [6.07, 6.45) is -0.898. The van der Waals surface area contributed by atoms with E-state index >= 15 is 0 Å². The molecule has 1 fully saturated rings. The van der Waals surface area contributed by atoms with Crippen molar-refractivity contribution in [1.82, 2.24) is 14.7 Å². The van der Waals surface area contributed by atoms with Crippen molar-refractivity contribution in [3.63, 3.8) is 0 Å². The van der Waals surface area contributed by atoms with Crippen molar-refractivity contribution in [3.8, 4) is 0 Å². The molecule has 1 aliphatic rings. The minimum Gasteiger partial charge on any atom is -0.356 e. The summed E-state index contributed by atoms with van der Waals surface area (Å²) in [5.41, 5.74) is -0.140. The van der Waals surface area contributed by atoms with E-state index in [-0.39, 0.29) is 0 Å². The standard InChI is InChI=1S/C21H21F3N4S/c22-21(23,24)16-8-9-19-18(11-16)20(26-14-25-19)28-10-4-5-15(13-28)12-27-29-17-6-2-1-3-7-17/h1-3,6-9,11,14-15,27H,4-5,10,12-13H2. The van der Waals surface area contributed by atoms with Crippen LogP contribution in [-0.2, 0) is 6.18 Å². The number of nitrogens with one attached hydrogen (secondary N) is 1. The van der Waals surface area contributed by atoms with Crippen LogP contribution in [0.3, 0.4) is 0 Å². The Bertz CT molecular complexity index is 965. The van der Waals surface area contributed by atoms with E-state index in [0.717, 1.165) is 49.5 Å². The third kappa shape index (κ3) is 4.82. The van der Waals surface area contributed by atoms with E-state index in [1.165, 1.54) is 12.4 Å². The lowest BCUT2D eigenvalue weighted by Crippen LogP contribution is -2.39. The molecule has 1 aliphatic heterocycles. The molecule has 0 saturated carbocycles. The second-order valence-electron chi connectivity index (χ2n) is 7.14. The summed E-state index contributed by atoms with van der Waals surface area (Å²) in [5, 5.41) is 0.453. The fourth-order valence-electron chi connectivity index (χ4n) is 3.63. The molecule has 152 valence electrons. The number of hydrogen-bond donors (Lipinski definition) is 1. The number of rotatable bonds is 5. The first-order chi connectivity index (χ1) is 14.0. The number of aromatic nitrogens is 2. The van der Waals surface area contributed by atoms with Gasteiger partial charge in [0.2, 0.25) is 0 Å². The summed E-state index contributed by atoms with van der Waals surface area (Å²) in [7, 11) is 0. The van der Waals surface area contributed by atoms with Gasteiger partial charge in [0.1, 0.15) is 12.1 Å². The highest BCUT2D eigenvalue weighted by molar-refractivity contribution is 7.97. The number of anilines is 1. The van der Waals surface area contributed by atoms with Crippen LogP contribution in [0.5, 0.6) is 0 Å². The summed E-state index contributed by atoms with van der Waals surface area (Å²) in [4.78, 5) is 11.7. The van der Waals surface area contributed by atoms with Crippen molar-refractivity contribution in [2.24, 2.45) is 5.92 Å². The average Bonchev–Trinajstić information content (AvgIpc) is 2.73. The first-order valence-electron chi connectivity index (χ1n) is 9.52. The van der Waals surface area contributed by atoms with E-state index in [9.17, 15) is 13.2 Å². The van der Waals surface area contributed by atoms with Crippen LogP contribution >= 0.6 is 11.9 Å². The normalized spacial score (nSPS) is 17.6. The molecule has 0 bridgehead atoms. The Kier molecular flexibility index (Phi) is 5.91. The number of nitrogens with zero attached hydrogens (tertiary/aromatic N) is 3. The summed E-state index contributed by atoms with van der Waals surface area (Å²) in [6, 6.07) is 13.7. The van der Waals surface area contributed by atoms with Crippen LogP contribution in [0.15, 0.2) is 59.8 Å². The van der Waals surface area contributed by atoms with Crippen LogP contribution in [0.1, 0.15) is 18.4 Å². The number of fused-ring (bicyclic) bond motifs is 1. The maximum absolute atomic E-state index is 13.2. The topological polar surface area (TPSA) is 41.1 Å². The van der Waals surface area contributed by atoms with Gasteiger partial charge in [0.05, 0.1) is 11.1 Å². The molecule has 0 amide bonds. The minimum absolute atomic E-state index is 0.399. The maximum Gasteiger partial charge on any atom is 0.416 e. The lowest BCUT2D eigenvalue weighted by molar-refractivity contribution is -0.137. The van der Waals surface area contributed by atoms with Gasteiger partial charge in [0, 0.05) is 29.9 Å². The van der Waals surface area contributed by atoms with Crippen molar-refractivity contribution in [3.05, 3.63) is 60.4 Å². The molecule has 0 aliphatic carbocycles. The predicted molar refractivity (Wildman–Crippen MR) is 110 cm³/mol. The Hall–Kier alpha value is -2.32. The van der Waals surface area contributed by atoms with Gasteiger partial charge in [0.25, 0.3) is 0 Å². The van der Waals surface area contributed by atoms with Crippen molar-refractivity contribution < 1.29 is 13.2 Å². The van der Waals surface area contributed by atoms with E-state index in [1.54, 1.807) is 11.9 Å². The second-order valence-corrected chi connectivity index (χ2v) is 8.11. The minimum atomic E-state index is -4.38. The number of halogens is 3. The van der Waals surface area contributed by atoms with Gasteiger partial charge < -0.3 is 4.90 Å². The lowest BCUT2D eigenvalue weighted by Gasteiger charge is -2.34. The molecular formula is C21H21F3N4S.